The molecule has 218 valence electrons. The quantitative estimate of drug-likeness (QED) is 0.335. The summed E-state index contributed by atoms with van der Waals surface area (Å²) in [6.07, 6.45) is 0.640. The van der Waals surface area contributed by atoms with Gasteiger partial charge in [-0.3, -0.25) is 9.59 Å². The fourth-order valence-corrected chi connectivity index (χ4v) is 4.54. The molecule has 1 heterocycles. The van der Waals surface area contributed by atoms with Crippen molar-refractivity contribution in [2.45, 2.75) is 52.7 Å². The number of hydrogen-bond acceptors (Lipinski definition) is 9. The van der Waals surface area contributed by atoms with Crippen LogP contribution in [0.2, 0.25) is 0 Å². The van der Waals surface area contributed by atoms with Crippen molar-refractivity contribution < 1.29 is 38.1 Å². The second-order valence-electron chi connectivity index (χ2n) is 9.59. The molecule has 1 amide bonds. The zero-order valence-electron chi connectivity index (χ0n) is 24.6. The number of hydrogen-bond donors (Lipinski definition) is 1. The molecule has 0 unspecified atom stereocenters. The van der Waals surface area contributed by atoms with Crippen molar-refractivity contribution in [1.82, 2.24) is 10.3 Å². The molecule has 0 aliphatic carbocycles. The molecule has 0 bridgehead atoms. The third kappa shape index (κ3) is 7.33. The van der Waals surface area contributed by atoms with Crippen molar-refractivity contribution in [2.24, 2.45) is 0 Å². The number of ether oxygens (including phenoxy) is 5. The van der Waals surface area contributed by atoms with Crippen LogP contribution >= 0.6 is 0 Å². The molecule has 0 saturated carbocycles. The first-order valence-corrected chi connectivity index (χ1v) is 13.0. The maximum absolute atomic E-state index is 13.3. The number of nitrogens with one attached hydrogen (secondary N) is 1. The molecule has 0 aliphatic heterocycles. The van der Waals surface area contributed by atoms with Crippen LogP contribution in [0.1, 0.15) is 59.4 Å². The fraction of sp³-hybridized carbons (Fsp3) is 0.355. The average Bonchev–Trinajstić information content (AvgIpc) is 2.93. The largest absolute Gasteiger partial charge is 0.496 e. The summed E-state index contributed by atoms with van der Waals surface area (Å²) in [6.45, 7) is 8.41. The summed E-state index contributed by atoms with van der Waals surface area (Å²) >= 11 is 0. The molecular formula is C31H36N2O8. The molecule has 0 fully saturated rings. The second-order valence-corrected chi connectivity index (χ2v) is 9.59. The molecule has 10 heteroatoms. The van der Waals surface area contributed by atoms with Crippen LogP contribution in [0.5, 0.6) is 23.0 Å². The van der Waals surface area contributed by atoms with Crippen molar-refractivity contribution in [3.05, 3.63) is 76.6 Å². The van der Waals surface area contributed by atoms with E-state index in [1.54, 1.807) is 21.1 Å². The number of amides is 1. The molecule has 2 aromatic carbocycles. The van der Waals surface area contributed by atoms with Gasteiger partial charge in [-0.15, -0.1) is 0 Å². The normalized spacial score (nSPS) is 12.2. The standard InChI is InChI=1S/C31H36N2O8/c1-17-9-11-24(37-6)22(15-17)27(23-16-18(2)10-12-25(23)38-7)20(4)40-31(36)19(3)33-30(35)28-29(41-21(5)34)26(39-8)13-14-32-28/h9-16,19-20,27H,1-8H3,(H,33,35)/t19-,20-/m0/s1. The van der Waals surface area contributed by atoms with Crippen molar-refractivity contribution in [2.75, 3.05) is 21.3 Å². The number of benzene rings is 2. The van der Waals surface area contributed by atoms with Gasteiger partial charge in [-0.2, -0.15) is 0 Å². The molecule has 0 aliphatic rings. The van der Waals surface area contributed by atoms with Gasteiger partial charge in [-0.1, -0.05) is 35.4 Å². The lowest BCUT2D eigenvalue weighted by atomic mass is 9.84. The number of carbonyl (C=O) groups is 3. The van der Waals surface area contributed by atoms with E-state index in [4.69, 9.17) is 23.7 Å². The molecule has 1 N–H and O–H groups in total. The smallest absolute Gasteiger partial charge is 0.328 e. The first-order chi connectivity index (χ1) is 19.5. The number of rotatable bonds is 11. The van der Waals surface area contributed by atoms with Crippen molar-refractivity contribution in [1.29, 1.82) is 0 Å². The summed E-state index contributed by atoms with van der Waals surface area (Å²) in [5.74, 6) is -1.26. The van der Waals surface area contributed by atoms with Gasteiger partial charge < -0.3 is 29.0 Å². The topological polar surface area (TPSA) is 122 Å². The second kappa shape index (κ2) is 13.6. The number of pyridine rings is 1. The van der Waals surface area contributed by atoms with Gasteiger partial charge in [-0.05, 0) is 39.8 Å². The first kappa shape index (κ1) is 30.9. The number of esters is 2. The van der Waals surface area contributed by atoms with Crippen LogP contribution in [-0.2, 0) is 14.3 Å². The zero-order chi connectivity index (χ0) is 30.3. The van der Waals surface area contributed by atoms with E-state index in [2.05, 4.69) is 10.3 Å². The van der Waals surface area contributed by atoms with Gasteiger partial charge in [0.25, 0.3) is 5.91 Å². The number of nitrogens with zero attached hydrogens (tertiary/aromatic N) is 1. The molecule has 0 saturated heterocycles. The Kier molecular flexibility index (Phi) is 10.3. The van der Waals surface area contributed by atoms with Crippen LogP contribution in [0.4, 0.5) is 0 Å². The van der Waals surface area contributed by atoms with Crippen molar-refractivity contribution in [3.8, 4) is 23.0 Å². The highest BCUT2D eigenvalue weighted by Crippen LogP contribution is 2.40. The van der Waals surface area contributed by atoms with E-state index in [1.807, 2.05) is 50.2 Å². The highest BCUT2D eigenvalue weighted by atomic mass is 16.6. The third-order valence-electron chi connectivity index (χ3n) is 6.46. The van der Waals surface area contributed by atoms with E-state index in [0.29, 0.717) is 11.5 Å². The van der Waals surface area contributed by atoms with Crippen LogP contribution < -0.4 is 24.3 Å². The molecule has 41 heavy (non-hydrogen) atoms. The maximum atomic E-state index is 13.3. The van der Waals surface area contributed by atoms with Gasteiger partial charge in [0.2, 0.25) is 5.75 Å². The van der Waals surface area contributed by atoms with Crippen LogP contribution in [0.15, 0.2) is 48.7 Å². The average molecular weight is 565 g/mol. The Balaban J connectivity index is 1.92. The minimum absolute atomic E-state index is 0.145. The molecule has 2 atom stereocenters. The predicted octanol–water partition coefficient (Wildman–Crippen LogP) is 4.53. The minimum Gasteiger partial charge on any atom is -0.496 e. The Hall–Kier alpha value is -4.60. The van der Waals surface area contributed by atoms with Gasteiger partial charge >= 0.3 is 11.9 Å². The van der Waals surface area contributed by atoms with E-state index in [1.165, 1.54) is 33.2 Å². The Morgan fingerprint density at radius 1 is 0.805 bits per heavy atom. The van der Waals surface area contributed by atoms with E-state index >= 15 is 0 Å². The summed E-state index contributed by atoms with van der Waals surface area (Å²) in [4.78, 5) is 42.0. The van der Waals surface area contributed by atoms with Crippen LogP contribution in [-0.4, -0.2) is 56.3 Å². The van der Waals surface area contributed by atoms with Crippen molar-refractivity contribution >= 4 is 17.8 Å². The molecule has 0 radical (unpaired) electrons. The third-order valence-corrected chi connectivity index (χ3v) is 6.46. The summed E-state index contributed by atoms with van der Waals surface area (Å²) in [5, 5.41) is 2.58. The van der Waals surface area contributed by atoms with E-state index in [9.17, 15) is 14.4 Å². The summed E-state index contributed by atoms with van der Waals surface area (Å²) in [6, 6.07) is 12.0. The summed E-state index contributed by atoms with van der Waals surface area (Å²) in [7, 11) is 4.54. The maximum Gasteiger partial charge on any atom is 0.328 e. The predicted molar refractivity (Wildman–Crippen MR) is 152 cm³/mol. The fourth-order valence-electron chi connectivity index (χ4n) is 4.54. The lowest BCUT2D eigenvalue weighted by molar-refractivity contribution is -0.150. The minimum atomic E-state index is -1.07. The van der Waals surface area contributed by atoms with Crippen LogP contribution in [0.25, 0.3) is 0 Å². The lowest BCUT2D eigenvalue weighted by Crippen LogP contribution is -2.41. The molecular weight excluding hydrogens is 528 g/mol. The van der Waals surface area contributed by atoms with E-state index in [0.717, 1.165) is 22.3 Å². The van der Waals surface area contributed by atoms with Gasteiger partial charge in [0.1, 0.15) is 23.6 Å². The summed E-state index contributed by atoms with van der Waals surface area (Å²) < 4.78 is 27.7. The van der Waals surface area contributed by atoms with Gasteiger partial charge in [0, 0.05) is 30.3 Å². The number of carbonyl (C=O) groups excluding carboxylic acids is 3. The van der Waals surface area contributed by atoms with Gasteiger partial charge in [0.15, 0.2) is 11.4 Å². The highest BCUT2D eigenvalue weighted by Gasteiger charge is 2.32. The first-order valence-electron chi connectivity index (χ1n) is 13.0. The summed E-state index contributed by atoms with van der Waals surface area (Å²) in [5.41, 5.74) is 3.44. The Morgan fingerprint density at radius 2 is 1.34 bits per heavy atom. The Bertz CT molecular complexity index is 1370. The SMILES string of the molecule is COc1ccc(C)cc1C(c1cc(C)ccc1OC)[C@H](C)OC(=O)[C@H](C)NC(=O)c1nccc(OC)c1OC(C)=O. The molecule has 3 rings (SSSR count). The van der Waals surface area contributed by atoms with Gasteiger partial charge in [-0.25, -0.2) is 9.78 Å². The zero-order valence-corrected chi connectivity index (χ0v) is 24.6. The molecule has 0 spiro atoms. The number of aromatic nitrogens is 1. The Labute approximate surface area is 239 Å². The Morgan fingerprint density at radius 3 is 1.83 bits per heavy atom. The van der Waals surface area contributed by atoms with Crippen LogP contribution in [0.3, 0.4) is 0 Å². The van der Waals surface area contributed by atoms with Gasteiger partial charge in [0.05, 0.1) is 27.2 Å². The molecule has 1 aromatic heterocycles. The van der Waals surface area contributed by atoms with E-state index in [-0.39, 0.29) is 17.2 Å². The highest BCUT2D eigenvalue weighted by molar-refractivity contribution is 5.98. The van der Waals surface area contributed by atoms with Crippen molar-refractivity contribution in [3.63, 3.8) is 0 Å². The number of methoxy groups -OCH3 is 3. The molecule has 3 aromatic rings. The number of aryl methyl sites for hydroxylation is 2. The monoisotopic (exact) mass is 564 g/mol. The molecule has 10 nitrogen and oxygen atoms in total. The lowest BCUT2D eigenvalue weighted by Gasteiger charge is -2.29. The van der Waals surface area contributed by atoms with E-state index < -0.39 is 35.9 Å². The van der Waals surface area contributed by atoms with Crippen LogP contribution in [0, 0.1) is 13.8 Å².